The van der Waals surface area contributed by atoms with Gasteiger partial charge in [0, 0.05) is 12.6 Å². The molecule has 4 aromatic rings. The van der Waals surface area contributed by atoms with Crippen LogP contribution in [0.2, 0.25) is 0 Å². The lowest BCUT2D eigenvalue weighted by molar-refractivity contribution is 0.0600. The fourth-order valence-electron chi connectivity index (χ4n) is 4.34. The highest BCUT2D eigenvalue weighted by atomic mass is 79.9. The van der Waals surface area contributed by atoms with Gasteiger partial charge in [-0.3, -0.25) is 4.79 Å². The fourth-order valence-corrected chi connectivity index (χ4v) is 4.68. The van der Waals surface area contributed by atoms with Crippen molar-refractivity contribution in [2.24, 2.45) is 0 Å². The number of nitrogens with zero attached hydrogens (tertiary/aromatic N) is 5. The molecule has 11 heteroatoms. The Labute approximate surface area is 195 Å². The molecule has 1 saturated heterocycles. The van der Waals surface area contributed by atoms with Crippen molar-refractivity contribution in [2.45, 2.75) is 25.3 Å². The van der Waals surface area contributed by atoms with Crippen LogP contribution in [0.25, 0.3) is 16.7 Å². The van der Waals surface area contributed by atoms with Gasteiger partial charge in [-0.15, -0.1) is 0 Å². The highest BCUT2D eigenvalue weighted by Gasteiger charge is 2.45. The number of aromatic nitrogens is 5. The van der Waals surface area contributed by atoms with Crippen molar-refractivity contribution in [3.63, 3.8) is 0 Å². The summed E-state index contributed by atoms with van der Waals surface area (Å²) in [7, 11) is 1.34. The first-order valence-electron chi connectivity index (χ1n) is 10.2. The van der Waals surface area contributed by atoms with Gasteiger partial charge in [0.2, 0.25) is 0 Å². The number of benzene rings is 2. The van der Waals surface area contributed by atoms with Crippen molar-refractivity contribution in [3.05, 3.63) is 64.2 Å². The van der Waals surface area contributed by atoms with Crippen molar-refractivity contribution in [1.82, 2.24) is 29.9 Å². The molecule has 170 valence electrons. The summed E-state index contributed by atoms with van der Waals surface area (Å²) in [5, 5.41) is 8.12. The third kappa shape index (κ3) is 3.38. The Balaban J connectivity index is 1.62. The SMILES string of the molecule is COc1ccc(-n2nccn2)c(C(=O)N2CCCC2(C)c2nc3cc(Br)c(F)cc3[nH]2)c1F. The van der Waals surface area contributed by atoms with Gasteiger partial charge in [-0.1, -0.05) is 0 Å². The molecule has 0 bridgehead atoms. The zero-order valence-electron chi connectivity index (χ0n) is 17.8. The molecule has 0 saturated carbocycles. The van der Waals surface area contributed by atoms with Gasteiger partial charge in [0.1, 0.15) is 22.9 Å². The number of carbonyl (C=O) groups is 1. The average molecular weight is 517 g/mol. The first-order valence-corrected chi connectivity index (χ1v) is 11.0. The zero-order valence-corrected chi connectivity index (χ0v) is 19.4. The number of hydrogen-bond donors (Lipinski definition) is 1. The highest BCUT2D eigenvalue weighted by molar-refractivity contribution is 9.10. The summed E-state index contributed by atoms with van der Waals surface area (Å²) in [6.07, 6.45) is 4.19. The molecule has 0 radical (unpaired) electrons. The minimum Gasteiger partial charge on any atom is -0.494 e. The van der Waals surface area contributed by atoms with E-state index < -0.39 is 23.1 Å². The average Bonchev–Trinajstić information content (AvgIpc) is 3.54. The molecule has 8 nitrogen and oxygen atoms in total. The standard InChI is InChI=1S/C22H19BrF2N6O2/c1-22(21-28-14-10-12(23)13(24)11-15(14)29-21)6-3-9-30(22)20(32)18-16(31-26-7-8-27-31)4-5-17(33-2)19(18)25/h4-5,7-8,10-11H,3,6,9H2,1-2H3,(H,28,29). The Hall–Kier alpha value is -3.34. The molecule has 1 aliphatic heterocycles. The normalized spacial score (nSPS) is 18.3. The largest absolute Gasteiger partial charge is 0.494 e. The molecule has 1 amide bonds. The van der Waals surface area contributed by atoms with Crippen LogP contribution in [0, 0.1) is 11.6 Å². The summed E-state index contributed by atoms with van der Waals surface area (Å²) >= 11 is 3.18. The minimum atomic E-state index is -0.858. The number of H-pyrrole nitrogens is 1. The molecule has 33 heavy (non-hydrogen) atoms. The lowest BCUT2D eigenvalue weighted by Crippen LogP contribution is -2.44. The maximum Gasteiger partial charge on any atom is 0.260 e. The second-order valence-corrected chi connectivity index (χ2v) is 8.85. The van der Waals surface area contributed by atoms with E-state index in [1.54, 1.807) is 17.0 Å². The molecule has 1 atom stereocenters. The van der Waals surface area contributed by atoms with Crippen LogP contribution in [-0.4, -0.2) is 49.4 Å². The van der Waals surface area contributed by atoms with Gasteiger partial charge in [-0.2, -0.15) is 15.0 Å². The van der Waals surface area contributed by atoms with E-state index in [9.17, 15) is 9.18 Å². The molecule has 0 spiro atoms. The highest BCUT2D eigenvalue weighted by Crippen LogP contribution is 2.40. The second kappa shape index (κ2) is 7.91. The predicted molar refractivity (Wildman–Crippen MR) is 119 cm³/mol. The van der Waals surface area contributed by atoms with Crippen LogP contribution in [-0.2, 0) is 5.54 Å². The third-order valence-electron chi connectivity index (χ3n) is 6.07. The number of aromatic amines is 1. The van der Waals surface area contributed by atoms with Crippen LogP contribution in [0.5, 0.6) is 5.75 Å². The molecule has 0 aliphatic carbocycles. The molecule has 1 unspecified atom stereocenters. The number of hydrogen-bond acceptors (Lipinski definition) is 5. The van der Waals surface area contributed by atoms with E-state index in [0.29, 0.717) is 40.7 Å². The maximum absolute atomic E-state index is 15.4. The first-order chi connectivity index (χ1) is 15.8. The first kappa shape index (κ1) is 21.5. The summed E-state index contributed by atoms with van der Waals surface area (Å²) in [5.41, 5.74) is 0.230. The van der Waals surface area contributed by atoms with E-state index in [2.05, 4.69) is 36.1 Å². The topological polar surface area (TPSA) is 88.9 Å². The fraction of sp³-hybridized carbons (Fsp3) is 0.273. The van der Waals surface area contributed by atoms with E-state index in [1.165, 1.54) is 36.4 Å². The Morgan fingerprint density at radius 1 is 1.24 bits per heavy atom. The van der Waals surface area contributed by atoms with E-state index in [0.717, 1.165) is 0 Å². The molecule has 2 aromatic carbocycles. The number of methoxy groups -OCH3 is 1. The zero-order chi connectivity index (χ0) is 23.3. The summed E-state index contributed by atoms with van der Waals surface area (Å²) < 4.78 is 34.9. The minimum absolute atomic E-state index is 0.0563. The van der Waals surface area contributed by atoms with Gasteiger partial charge < -0.3 is 14.6 Å². The van der Waals surface area contributed by atoms with Gasteiger partial charge in [-0.25, -0.2) is 13.8 Å². The molecule has 1 aliphatic rings. The molecule has 1 fully saturated rings. The number of fused-ring (bicyclic) bond motifs is 1. The summed E-state index contributed by atoms with van der Waals surface area (Å²) in [6.45, 7) is 2.26. The van der Waals surface area contributed by atoms with Crippen LogP contribution in [0.4, 0.5) is 8.78 Å². The number of likely N-dealkylation sites (tertiary alicyclic amines) is 1. The van der Waals surface area contributed by atoms with Crippen LogP contribution >= 0.6 is 15.9 Å². The number of halogens is 3. The van der Waals surface area contributed by atoms with Crippen LogP contribution < -0.4 is 4.74 Å². The quantitative estimate of drug-likeness (QED) is 0.435. The van der Waals surface area contributed by atoms with Crippen molar-refractivity contribution >= 4 is 32.9 Å². The van der Waals surface area contributed by atoms with Gasteiger partial charge in [0.15, 0.2) is 11.6 Å². The number of rotatable bonds is 4. The Kier molecular flexibility index (Phi) is 5.15. The van der Waals surface area contributed by atoms with Crippen molar-refractivity contribution in [1.29, 1.82) is 0 Å². The maximum atomic E-state index is 15.4. The number of ether oxygens (including phenoxy) is 1. The van der Waals surface area contributed by atoms with Crippen LogP contribution in [0.1, 0.15) is 35.9 Å². The van der Waals surface area contributed by atoms with Crippen LogP contribution in [0.15, 0.2) is 41.1 Å². The van der Waals surface area contributed by atoms with Crippen molar-refractivity contribution in [2.75, 3.05) is 13.7 Å². The second-order valence-electron chi connectivity index (χ2n) is 8.00. The van der Waals surface area contributed by atoms with Gasteiger partial charge in [0.05, 0.1) is 40.5 Å². The molecular formula is C22H19BrF2N6O2. The summed E-state index contributed by atoms with van der Waals surface area (Å²) in [5.74, 6) is -1.30. The Bertz CT molecular complexity index is 1330. The predicted octanol–water partition coefficient (Wildman–Crippen LogP) is 4.34. The molecule has 5 rings (SSSR count). The van der Waals surface area contributed by atoms with E-state index >= 15 is 4.39 Å². The number of imidazole rings is 1. The monoisotopic (exact) mass is 516 g/mol. The number of nitrogens with one attached hydrogen (secondary N) is 1. The molecule has 2 aromatic heterocycles. The van der Waals surface area contributed by atoms with E-state index in [4.69, 9.17) is 4.74 Å². The van der Waals surface area contributed by atoms with Gasteiger partial charge in [-0.05, 0) is 53.9 Å². The smallest absolute Gasteiger partial charge is 0.260 e. The number of carbonyl (C=O) groups excluding carboxylic acids is 1. The lowest BCUT2D eigenvalue weighted by Gasteiger charge is -2.34. The number of amides is 1. The molecule has 3 heterocycles. The van der Waals surface area contributed by atoms with Crippen LogP contribution in [0.3, 0.4) is 0 Å². The van der Waals surface area contributed by atoms with Crippen molar-refractivity contribution in [3.8, 4) is 11.4 Å². The molecule has 1 N–H and O–H groups in total. The molecular weight excluding hydrogens is 498 g/mol. The summed E-state index contributed by atoms with van der Waals surface area (Å²) in [6, 6.07) is 5.91. The van der Waals surface area contributed by atoms with E-state index in [-0.39, 0.29) is 17.0 Å². The Morgan fingerprint density at radius 2 is 2.00 bits per heavy atom. The Morgan fingerprint density at radius 3 is 2.73 bits per heavy atom. The summed E-state index contributed by atoms with van der Waals surface area (Å²) in [4.78, 5) is 24.4. The van der Waals surface area contributed by atoms with Crippen molar-refractivity contribution < 1.29 is 18.3 Å². The van der Waals surface area contributed by atoms with Gasteiger partial charge in [0.25, 0.3) is 5.91 Å². The van der Waals surface area contributed by atoms with Gasteiger partial charge >= 0.3 is 0 Å². The third-order valence-corrected chi connectivity index (χ3v) is 6.68. The van der Waals surface area contributed by atoms with E-state index in [1.807, 2.05) is 6.92 Å². The lowest BCUT2D eigenvalue weighted by atomic mass is 9.96.